The van der Waals surface area contributed by atoms with E-state index in [-0.39, 0.29) is 35.9 Å². The van der Waals surface area contributed by atoms with E-state index in [1.807, 2.05) is 6.07 Å². The van der Waals surface area contributed by atoms with Crippen molar-refractivity contribution in [1.29, 1.82) is 0 Å². The molecule has 35 heavy (non-hydrogen) atoms. The molecule has 1 saturated heterocycles. The lowest BCUT2D eigenvalue weighted by atomic mass is 9.94. The lowest BCUT2D eigenvalue weighted by molar-refractivity contribution is -0.142. The summed E-state index contributed by atoms with van der Waals surface area (Å²) in [6.07, 6.45) is 0.0823. The second kappa shape index (κ2) is 9.93. The van der Waals surface area contributed by atoms with Gasteiger partial charge in [-0.05, 0) is 60.9 Å². The van der Waals surface area contributed by atoms with Gasteiger partial charge in [-0.15, -0.1) is 0 Å². The Kier molecular flexibility index (Phi) is 6.78. The monoisotopic (exact) mass is 473 g/mol. The van der Waals surface area contributed by atoms with Crippen molar-refractivity contribution in [2.45, 2.75) is 26.3 Å². The Morgan fingerprint density at radius 1 is 1.03 bits per heavy atom. The first-order valence-electron chi connectivity index (χ1n) is 11.2. The number of hydrogen-bond donors (Lipinski definition) is 1. The second-order valence-corrected chi connectivity index (χ2v) is 8.19. The smallest absolute Gasteiger partial charge is 0.310 e. The lowest BCUT2D eigenvalue weighted by Crippen LogP contribution is -2.29. The van der Waals surface area contributed by atoms with Crippen molar-refractivity contribution < 1.29 is 28.6 Å². The Balaban J connectivity index is 1.80. The summed E-state index contributed by atoms with van der Waals surface area (Å²) in [6.45, 7) is 3.57. The van der Waals surface area contributed by atoms with Gasteiger partial charge in [0.15, 0.2) is 0 Å². The van der Waals surface area contributed by atoms with Gasteiger partial charge >= 0.3 is 5.97 Å². The van der Waals surface area contributed by atoms with Crippen LogP contribution >= 0.6 is 0 Å². The summed E-state index contributed by atoms with van der Waals surface area (Å²) in [7, 11) is 0. The van der Waals surface area contributed by atoms with Gasteiger partial charge in [0, 0.05) is 11.3 Å². The molecule has 3 aromatic rings. The molecule has 0 aromatic heterocycles. The molecule has 1 amide bonds. The average molecular weight is 474 g/mol. The predicted octanol–water partition coefficient (Wildman–Crippen LogP) is 4.87. The Morgan fingerprint density at radius 2 is 1.71 bits per heavy atom. The number of aliphatic hydroxyl groups excluding tert-OH is 1. The van der Waals surface area contributed by atoms with Crippen LogP contribution in [0, 0.1) is 12.7 Å². The predicted molar refractivity (Wildman–Crippen MR) is 129 cm³/mol. The summed E-state index contributed by atoms with van der Waals surface area (Å²) in [4.78, 5) is 39.5. The number of carbonyl (C=O) groups excluding carboxylic acids is 3. The molecular formula is C28H24FNO5. The van der Waals surface area contributed by atoms with Gasteiger partial charge in [0.25, 0.3) is 11.7 Å². The zero-order valence-corrected chi connectivity index (χ0v) is 19.3. The number of esters is 1. The molecule has 1 aliphatic rings. The van der Waals surface area contributed by atoms with Crippen LogP contribution < -0.4 is 4.90 Å². The quantitative estimate of drug-likeness (QED) is 0.239. The molecule has 4 rings (SSSR count). The van der Waals surface area contributed by atoms with Gasteiger partial charge in [0.2, 0.25) is 0 Å². The van der Waals surface area contributed by atoms with Crippen LogP contribution in [-0.2, 0) is 25.5 Å². The molecule has 1 atom stereocenters. The fourth-order valence-corrected chi connectivity index (χ4v) is 4.15. The zero-order valence-electron chi connectivity index (χ0n) is 19.3. The summed E-state index contributed by atoms with van der Waals surface area (Å²) in [5.74, 6) is -2.81. The van der Waals surface area contributed by atoms with Crippen LogP contribution in [0.25, 0.3) is 5.76 Å². The third kappa shape index (κ3) is 4.71. The number of benzene rings is 3. The van der Waals surface area contributed by atoms with E-state index in [9.17, 15) is 23.9 Å². The van der Waals surface area contributed by atoms with E-state index in [2.05, 4.69) is 0 Å². The fourth-order valence-electron chi connectivity index (χ4n) is 4.15. The first-order valence-corrected chi connectivity index (χ1v) is 11.2. The van der Waals surface area contributed by atoms with Gasteiger partial charge in [-0.25, -0.2) is 4.39 Å². The van der Waals surface area contributed by atoms with Crippen molar-refractivity contribution in [3.05, 3.63) is 106 Å². The highest BCUT2D eigenvalue weighted by Gasteiger charge is 2.46. The van der Waals surface area contributed by atoms with Crippen LogP contribution in [0.15, 0.2) is 78.4 Å². The number of aryl methyl sites for hydroxylation is 1. The van der Waals surface area contributed by atoms with Crippen LogP contribution in [0.3, 0.4) is 0 Å². The first-order chi connectivity index (χ1) is 16.8. The average Bonchev–Trinajstić information content (AvgIpc) is 3.12. The molecule has 0 aliphatic carbocycles. The molecule has 7 heteroatoms. The summed E-state index contributed by atoms with van der Waals surface area (Å²) in [6, 6.07) is 18.7. The molecule has 3 aromatic carbocycles. The number of carbonyl (C=O) groups is 3. The van der Waals surface area contributed by atoms with Gasteiger partial charge in [-0.2, -0.15) is 0 Å². The number of nitrogens with zero attached hydrogens (tertiary/aromatic N) is 1. The summed E-state index contributed by atoms with van der Waals surface area (Å²) in [5, 5.41) is 11.1. The van der Waals surface area contributed by atoms with Crippen molar-refractivity contribution >= 4 is 29.1 Å². The molecule has 0 saturated carbocycles. The van der Waals surface area contributed by atoms with E-state index >= 15 is 0 Å². The second-order valence-electron chi connectivity index (χ2n) is 8.19. The lowest BCUT2D eigenvalue weighted by Gasteiger charge is -2.25. The number of ether oxygens (including phenoxy) is 1. The highest BCUT2D eigenvalue weighted by atomic mass is 19.1. The van der Waals surface area contributed by atoms with Crippen molar-refractivity contribution in [3.8, 4) is 0 Å². The van der Waals surface area contributed by atoms with Crippen LogP contribution in [0.5, 0.6) is 0 Å². The summed E-state index contributed by atoms with van der Waals surface area (Å²) >= 11 is 0. The molecule has 1 N–H and O–H groups in total. The van der Waals surface area contributed by atoms with Crippen molar-refractivity contribution in [2.24, 2.45) is 0 Å². The number of Topliss-reactive ketones (excluding diaryl/α,β-unsaturated/α-hetero) is 1. The third-order valence-electron chi connectivity index (χ3n) is 5.86. The molecule has 0 spiro atoms. The molecular weight excluding hydrogens is 449 g/mol. The van der Waals surface area contributed by atoms with Gasteiger partial charge in [0.05, 0.1) is 24.6 Å². The Hall–Kier alpha value is -4.26. The van der Waals surface area contributed by atoms with E-state index in [1.54, 1.807) is 62.4 Å². The molecule has 178 valence electrons. The summed E-state index contributed by atoms with van der Waals surface area (Å²) < 4.78 is 18.8. The number of aliphatic hydroxyl groups is 1. The molecule has 1 heterocycles. The zero-order chi connectivity index (χ0) is 25.1. The number of halogens is 1. The van der Waals surface area contributed by atoms with Gasteiger partial charge in [-0.3, -0.25) is 19.3 Å². The minimum Gasteiger partial charge on any atom is -0.507 e. The molecule has 1 fully saturated rings. The third-order valence-corrected chi connectivity index (χ3v) is 5.86. The first kappa shape index (κ1) is 23.9. The van der Waals surface area contributed by atoms with Crippen molar-refractivity contribution in [2.75, 3.05) is 11.5 Å². The van der Waals surface area contributed by atoms with Crippen LogP contribution in [0.1, 0.15) is 35.2 Å². The Morgan fingerprint density at radius 3 is 2.34 bits per heavy atom. The van der Waals surface area contributed by atoms with E-state index in [0.717, 1.165) is 0 Å². The normalized spacial score (nSPS) is 17.0. The van der Waals surface area contributed by atoms with E-state index in [4.69, 9.17) is 4.74 Å². The highest BCUT2D eigenvalue weighted by molar-refractivity contribution is 6.51. The molecule has 1 unspecified atom stereocenters. The standard InChI is InChI=1S/C28H24FNO5/c1-3-35-23(31)16-18-9-12-21(13-10-18)30-25(19-7-5-4-6-8-19)24(27(33)28(30)34)26(32)20-11-14-22(29)17(2)15-20/h4-15,25,32H,3,16H2,1-2H3/b26-24-. The van der Waals surface area contributed by atoms with Crippen LogP contribution in [0.4, 0.5) is 10.1 Å². The molecule has 0 bridgehead atoms. The van der Waals surface area contributed by atoms with Gasteiger partial charge in [0.1, 0.15) is 11.6 Å². The molecule has 0 radical (unpaired) electrons. The molecule has 1 aliphatic heterocycles. The van der Waals surface area contributed by atoms with E-state index in [0.29, 0.717) is 22.4 Å². The minimum atomic E-state index is -0.891. The number of amides is 1. The maximum Gasteiger partial charge on any atom is 0.310 e. The van der Waals surface area contributed by atoms with E-state index in [1.165, 1.54) is 23.1 Å². The maximum absolute atomic E-state index is 13.8. The van der Waals surface area contributed by atoms with Crippen LogP contribution in [-0.4, -0.2) is 29.4 Å². The fraction of sp³-hybridized carbons (Fsp3) is 0.179. The Labute approximate surface area is 202 Å². The summed E-state index contributed by atoms with van der Waals surface area (Å²) in [5.41, 5.74) is 2.22. The minimum absolute atomic E-state index is 0.0807. The number of anilines is 1. The number of ketones is 1. The maximum atomic E-state index is 13.8. The van der Waals surface area contributed by atoms with Gasteiger partial charge in [-0.1, -0.05) is 42.5 Å². The Bertz CT molecular complexity index is 1310. The van der Waals surface area contributed by atoms with Crippen LogP contribution in [0.2, 0.25) is 0 Å². The van der Waals surface area contributed by atoms with Crippen molar-refractivity contribution in [3.63, 3.8) is 0 Å². The van der Waals surface area contributed by atoms with Gasteiger partial charge < -0.3 is 9.84 Å². The van der Waals surface area contributed by atoms with Crippen molar-refractivity contribution in [1.82, 2.24) is 0 Å². The number of hydrogen-bond acceptors (Lipinski definition) is 5. The highest BCUT2D eigenvalue weighted by Crippen LogP contribution is 2.42. The number of rotatable bonds is 6. The van der Waals surface area contributed by atoms with E-state index < -0.39 is 23.5 Å². The topological polar surface area (TPSA) is 83.9 Å². The SMILES string of the molecule is CCOC(=O)Cc1ccc(N2C(=O)C(=O)/C(=C(\O)c3ccc(F)c(C)c3)C2c2ccccc2)cc1. The largest absolute Gasteiger partial charge is 0.507 e. The molecule has 6 nitrogen and oxygen atoms in total.